The molecular formula is C18H18Cl2N2O2. The van der Waals surface area contributed by atoms with Gasteiger partial charge in [-0.2, -0.15) is 0 Å². The fourth-order valence-electron chi connectivity index (χ4n) is 2.36. The van der Waals surface area contributed by atoms with Crippen molar-refractivity contribution in [2.24, 2.45) is 0 Å². The minimum Gasteiger partial charge on any atom is -0.326 e. The number of nitrogens with one attached hydrogen (secondary N) is 1. The zero-order valence-electron chi connectivity index (χ0n) is 13.5. The molecule has 0 aliphatic rings. The highest BCUT2D eigenvalue weighted by molar-refractivity contribution is 6.35. The number of aryl methyl sites for hydroxylation is 1. The molecule has 0 radical (unpaired) electrons. The van der Waals surface area contributed by atoms with E-state index in [1.54, 1.807) is 23.1 Å². The minimum atomic E-state index is -0.413. The van der Waals surface area contributed by atoms with Crippen LogP contribution < -0.4 is 10.2 Å². The molecule has 0 heterocycles. The summed E-state index contributed by atoms with van der Waals surface area (Å²) in [4.78, 5) is 26.1. The number of benzene rings is 2. The number of carbonyl (C=O) groups excluding carboxylic acids is 2. The molecule has 0 spiro atoms. The van der Waals surface area contributed by atoms with Crippen molar-refractivity contribution in [1.82, 2.24) is 0 Å². The third-order valence-corrected chi connectivity index (χ3v) is 3.83. The molecule has 0 aromatic heterocycles. The summed E-state index contributed by atoms with van der Waals surface area (Å²) in [7, 11) is 0. The van der Waals surface area contributed by atoms with E-state index in [1.807, 2.05) is 38.1 Å². The van der Waals surface area contributed by atoms with Gasteiger partial charge in [-0.15, -0.1) is 0 Å². The topological polar surface area (TPSA) is 49.4 Å². The zero-order chi connectivity index (χ0) is 17.7. The molecule has 0 saturated heterocycles. The Kier molecular flexibility index (Phi) is 6.23. The second-order valence-electron chi connectivity index (χ2n) is 5.36. The van der Waals surface area contributed by atoms with Crippen molar-refractivity contribution in [3.8, 4) is 0 Å². The van der Waals surface area contributed by atoms with E-state index in [-0.39, 0.29) is 12.3 Å². The van der Waals surface area contributed by atoms with Gasteiger partial charge in [0.1, 0.15) is 6.42 Å². The van der Waals surface area contributed by atoms with Gasteiger partial charge in [-0.05, 0) is 49.7 Å². The van der Waals surface area contributed by atoms with Crippen molar-refractivity contribution in [1.29, 1.82) is 0 Å². The van der Waals surface area contributed by atoms with Gasteiger partial charge >= 0.3 is 0 Å². The van der Waals surface area contributed by atoms with Crippen molar-refractivity contribution in [2.45, 2.75) is 20.3 Å². The van der Waals surface area contributed by atoms with Crippen LogP contribution in [0.1, 0.15) is 18.9 Å². The lowest BCUT2D eigenvalue weighted by atomic mass is 10.2. The molecule has 0 saturated carbocycles. The summed E-state index contributed by atoms with van der Waals surface area (Å²) in [5.74, 6) is -0.682. The summed E-state index contributed by atoms with van der Waals surface area (Å²) in [6.45, 7) is 4.31. The number of hydrogen-bond acceptors (Lipinski definition) is 2. The van der Waals surface area contributed by atoms with E-state index in [2.05, 4.69) is 5.32 Å². The predicted octanol–water partition coefficient (Wildman–Crippen LogP) is 4.68. The third kappa shape index (κ3) is 4.98. The number of nitrogens with zero attached hydrogens (tertiary/aromatic N) is 1. The summed E-state index contributed by atoms with van der Waals surface area (Å²) in [5, 5.41) is 3.47. The number of anilines is 2. The molecule has 0 bridgehead atoms. The van der Waals surface area contributed by atoms with Gasteiger partial charge in [-0.1, -0.05) is 35.3 Å². The molecule has 0 aliphatic heterocycles. The van der Waals surface area contributed by atoms with Gasteiger partial charge in [-0.3, -0.25) is 9.59 Å². The molecule has 0 unspecified atom stereocenters. The molecule has 4 nitrogen and oxygen atoms in total. The highest BCUT2D eigenvalue weighted by Gasteiger charge is 2.18. The Morgan fingerprint density at radius 1 is 1.08 bits per heavy atom. The van der Waals surface area contributed by atoms with Crippen LogP contribution in [0.5, 0.6) is 0 Å². The molecule has 1 N–H and O–H groups in total. The van der Waals surface area contributed by atoms with Gasteiger partial charge in [-0.25, -0.2) is 0 Å². The summed E-state index contributed by atoms with van der Waals surface area (Å²) >= 11 is 11.8. The molecule has 2 amide bonds. The van der Waals surface area contributed by atoms with E-state index in [4.69, 9.17) is 23.2 Å². The van der Waals surface area contributed by atoms with Crippen LogP contribution >= 0.6 is 23.2 Å². The van der Waals surface area contributed by atoms with Crippen molar-refractivity contribution >= 4 is 46.4 Å². The van der Waals surface area contributed by atoms with Crippen LogP contribution in [0.15, 0.2) is 42.5 Å². The maximum Gasteiger partial charge on any atom is 0.236 e. The summed E-state index contributed by atoms with van der Waals surface area (Å²) < 4.78 is 0. The lowest BCUT2D eigenvalue weighted by Gasteiger charge is -2.21. The Labute approximate surface area is 151 Å². The van der Waals surface area contributed by atoms with Crippen LogP contribution in [0, 0.1) is 6.92 Å². The average Bonchev–Trinajstić information content (AvgIpc) is 2.46. The maximum absolute atomic E-state index is 12.4. The van der Waals surface area contributed by atoms with Gasteiger partial charge in [0.25, 0.3) is 0 Å². The monoisotopic (exact) mass is 364 g/mol. The molecule has 24 heavy (non-hydrogen) atoms. The largest absolute Gasteiger partial charge is 0.326 e. The summed E-state index contributed by atoms with van der Waals surface area (Å²) in [6.07, 6.45) is -0.258. The van der Waals surface area contributed by atoms with Crippen LogP contribution in [0.3, 0.4) is 0 Å². The van der Waals surface area contributed by atoms with E-state index in [9.17, 15) is 9.59 Å². The zero-order valence-corrected chi connectivity index (χ0v) is 15.0. The first-order valence-corrected chi connectivity index (χ1v) is 8.27. The predicted molar refractivity (Wildman–Crippen MR) is 98.9 cm³/mol. The van der Waals surface area contributed by atoms with E-state index in [1.165, 1.54) is 0 Å². The van der Waals surface area contributed by atoms with E-state index >= 15 is 0 Å². The molecule has 126 valence electrons. The van der Waals surface area contributed by atoms with Crippen LogP contribution in [0.2, 0.25) is 10.0 Å². The Bertz CT molecular complexity index is 742. The first-order valence-electron chi connectivity index (χ1n) is 7.52. The first kappa shape index (κ1) is 18.3. The van der Waals surface area contributed by atoms with Crippen molar-refractivity contribution in [2.75, 3.05) is 16.8 Å². The van der Waals surface area contributed by atoms with Crippen LogP contribution in [-0.2, 0) is 9.59 Å². The van der Waals surface area contributed by atoms with Gasteiger partial charge in [0.15, 0.2) is 0 Å². The fraction of sp³-hybridized carbons (Fsp3) is 0.222. The lowest BCUT2D eigenvalue weighted by Crippen LogP contribution is -2.33. The van der Waals surface area contributed by atoms with Crippen LogP contribution in [0.25, 0.3) is 0 Å². The summed E-state index contributed by atoms with van der Waals surface area (Å²) in [5.41, 5.74) is 2.29. The Hall–Kier alpha value is -2.04. The number of rotatable bonds is 5. The van der Waals surface area contributed by atoms with E-state index in [0.717, 1.165) is 11.3 Å². The van der Waals surface area contributed by atoms with Crippen molar-refractivity contribution < 1.29 is 9.59 Å². The normalized spacial score (nSPS) is 10.3. The highest BCUT2D eigenvalue weighted by Crippen LogP contribution is 2.23. The number of hydrogen-bond donors (Lipinski definition) is 1. The number of halogens is 2. The standard InChI is InChI=1S/C18H18Cl2N2O2/c1-3-22(16-6-4-5-12(2)7-16)18(24)11-17(23)21-15-9-13(19)8-14(20)10-15/h4-10H,3,11H2,1-2H3,(H,21,23). The quantitative estimate of drug-likeness (QED) is 0.782. The SMILES string of the molecule is CCN(C(=O)CC(=O)Nc1cc(Cl)cc(Cl)c1)c1cccc(C)c1. The van der Waals surface area contributed by atoms with Gasteiger partial charge in [0.2, 0.25) is 11.8 Å². The fourth-order valence-corrected chi connectivity index (χ4v) is 2.89. The molecule has 0 atom stereocenters. The molecule has 2 rings (SSSR count). The van der Waals surface area contributed by atoms with E-state index in [0.29, 0.717) is 22.3 Å². The van der Waals surface area contributed by atoms with Crippen LogP contribution in [-0.4, -0.2) is 18.4 Å². The van der Waals surface area contributed by atoms with Gasteiger partial charge in [0, 0.05) is 28.0 Å². The summed E-state index contributed by atoms with van der Waals surface area (Å²) in [6, 6.07) is 12.3. The third-order valence-electron chi connectivity index (χ3n) is 3.39. The van der Waals surface area contributed by atoms with E-state index < -0.39 is 5.91 Å². The van der Waals surface area contributed by atoms with Crippen molar-refractivity contribution in [3.05, 3.63) is 58.1 Å². The Balaban J connectivity index is 2.05. The molecular weight excluding hydrogens is 347 g/mol. The molecule has 2 aromatic rings. The van der Waals surface area contributed by atoms with Crippen molar-refractivity contribution in [3.63, 3.8) is 0 Å². The van der Waals surface area contributed by atoms with Gasteiger partial charge < -0.3 is 10.2 Å². The molecule has 2 aromatic carbocycles. The number of carbonyl (C=O) groups is 2. The molecule has 6 heteroatoms. The maximum atomic E-state index is 12.4. The molecule has 0 fully saturated rings. The first-order chi connectivity index (χ1) is 11.4. The Morgan fingerprint density at radius 2 is 1.75 bits per heavy atom. The Morgan fingerprint density at radius 3 is 2.33 bits per heavy atom. The average molecular weight is 365 g/mol. The second-order valence-corrected chi connectivity index (χ2v) is 6.23. The van der Waals surface area contributed by atoms with Crippen LogP contribution in [0.4, 0.5) is 11.4 Å². The van der Waals surface area contributed by atoms with Gasteiger partial charge in [0.05, 0.1) is 0 Å². The highest BCUT2D eigenvalue weighted by atomic mass is 35.5. The minimum absolute atomic E-state index is 0.258. The number of amides is 2. The lowest BCUT2D eigenvalue weighted by molar-refractivity contribution is -0.125. The smallest absolute Gasteiger partial charge is 0.236 e. The molecule has 0 aliphatic carbocycles. The second kappa shape index (κ2) is 8.18.